The third kappa shape index (κ3) is 76.6. The van der Waals surface area contributed by atoms with Gasteiger partial charge in [-0.15, -0.1) is 0 Å². The molecule has 0 heterocycles. The number of hydrogen-bond donors (Lipinski definition) is 3. The standard InChI is InChI=1S/C84H164O17P2/c1-7-10-12-14-16-18-20-22-24-26-27-28-29-31-33-35-37-42-50-56-62-68-83(88)100-79(72-94-81(86)66-60-54-48-41-36-34-32-30-25-23-21-19-17-15-13-11-8-2)74-98-102(90,91)96-70-78(85)71-97-103(92,93)99-75-80(73-95-82(87)67-61-55-49-45-44-47-53-59-65-77(6)9-3)101-84(89)69-63-57-51-43-39-38-40-46-52-58-64-76(4)5/h76-80,85H,7-75H2,1-6H3,(H,90,91)(H,92,93)/t77?,78-,79-,80-/m1/s1. The van der Waals surface area contributed by atoms with Crippen molar-refractivity contribution < 1.29 is 80.2 Å². The molecule has 0 aliphatic heterocycles. The van der Waals surface area contributed by atoms with E-state index in [0.717, 1.165) is 102 Å². The predicted molar refractivity (Wildman–Crippen MR) is 423 cm³/mol. The normalized spacial score (nSPS) is 14.1. The van der Waals surface area contributed by atoms with E-state index in [0.29, 0.717) is 25.7 Å². The summed E-state index contributed by atoms with van der Waals surface area (Å²) < 4.78 is 68.8. The van der Waals surface area contributed by atoms with E-state index in [1.54, 1.807) is 0 Å². The van der Waals surface area contributed by atoms with Crippen LogP contribution in [0.5, 0.6) is 0 Å². The Labute approximate surface area is 632 Å². The molecule has 19 heteroatoms. The van der Waals surface area contributed by atoms with Crippen LogP contribution < -0.4 is 0 Å². The summed E-state index contributed by atoms with van der Waals surface area (Å²) in [5.41, 5.74) is 0. The highest BCUT2D eigenvalue weighted by atomic mass is 31.2. The number of rotatable bonds is 83. The Kier molecular flexibility index (Phi) is 74.1. The monoisotopic (exact) mass is 1510 g/mol. The van der Waals surface area contributed by atoms with Crippen LogP contribution in [0.25, 0.3) is 0 Å². The van der Waals surface area contributed by atoms with Crippen LogP contribution in [-0.2, 0) is 65.4 Å². The summed E-state index contributed by atoms with van der Waals surface area (Å²) in [5.74, 6) is -0.576. The fraction of sp³-hybridized carbons (Fsp3) is 0.952. The van der Waals surface area contributed by atoms with Gasteiger partial charge in [-0.05, 0) is 37.5 Å². The lowest BCUT2D eigenvalue weighted by molar-refractivity contribution is -0.161. The highest BCUT2D eigenvalue weighted by Gasteiger charge is 2.30. The average Bonchev–Trinajstić information content (AvgIpc) is 0.909. The smallest absolute Gasteiger partial charge is 0.462 e. The second-order valence-corrected chi connectivity index (χ2v) is 33.8. The Morgan fingerprint density at radius 2 is 0.495 bits per heavy atom. The van der Waals surface area contributed by atoms with Crippen molar-refractivity contribution in [1.82, 2.24) is 0 Å². The van der Waals surface area contributed by atoms with Crippen molar-refractivity contribution in [2.45, 2.75) is 464 Å². The topological polar surface area (TPSA) is 237 Å². The molecule has 17 nitrogen and oxygen atoms in total. The molecule has 6 atom stereocenters. The molecule has 0 aromatic rings. The molecule has 0 aliphatic carbocycles. The van der Waals surface area contributed by atoms with E-state index in [2.05, 4.69) is 41.5 Å². The Balaban J connectivity index is 5.24. The Bertz CT molecular complexity index is 1980. The number of aliphatic hydroxyl groups is 1. The third-order valence-electron chi connectivity index (χ3n) is 20.1. The number of unbranched alkanes of at least 4 members (excludes halogenated alkanes) is 52. The summed E-state index contributed by atoms with van der Waals surface area (Å²) in [7, 11) is -9.93. The maximum absolute atomic E-state index is 13.1. The number of phosphoric ester groups is 2. The molecule has 0 saturated carbocycles. The van der Waals surface area contributed by atoms with Crippen molar-refractivity contribution in [3.05, 3.63) is 0 Å². The highest BCUT2D eigenvalue weighted by Crippen LogP contribution is 2.45. The van der Waals surface area contributed by atoms with Crippen molar-refractivity contribution in [3.63, 3.8) is 0 Å². The van der Waals surface area contributed by atoms with Gasteiger partial charge in [0.05, 0.1) is 26.4 Å². The SMILES string of the molecule is CCCCCCCCCCCCCCCCCCCCCCCC(=O)O[C@H](COC(=O)CCCCCCCCCCCCCCCCCCC)COP(=O)(O)OC[C@@H](O)COP(=O)(O)OC[C@@H](COC(=O)CCCCCCCCCCC(C)CC)OC(=O)CCCCCCCCCCCCC(C)C. The van der Waals surface area contributed by atoms with E-state index in [-0.39, 0.29) is 25.7 Å². The van der Waals surface area contributed by atoms with Gasteiger partial charge in [-0.25, -0.2) is 9.13 Å². The van der Waals surface area contributed by atoms with Crippen LogP contribution in [0.15, 0.2) is 0 Å². The number of hydrogen-bond acceptors (Lipinski definition) is 15. The molecule has 0 aromatic carbocycles. The summed E-state index contributed by atoms with van der Waals surface area (Å²) in [6.07, 6.45) is 66.7. The minimum atomic E-state index is -4.96. The van der Waals surface area contributed by atoms with Crippen LogP contribution in [0.4, 0.5) is 0 Å². The van der Waals surface area contributed by atoms with E-state index in [9.17, 15) is 43.2 Å². The Morgan fingerprint density at radius 3 is 0.738 bits per heavy atom. The van der Waals surface area contributed by atoms with Gasteiger partial charge in [0.2, 0.25) is 0 Å². The number of ether oxygens (including phenoxy) is 4. The number of phosphoric acid groups is 2. The minimum Gasteiger partial charge on any atom is -0.462 e. The molecule has 0 amide bonds. The van der Waals surface area contributed by atoms with Gasteiger partial charge in [0, 0.05) is 25.7 Å². The van der Waals surface area contributed by atoms with E-state index in [4.69, 9.17) is 37.0 Å². The molecule has 3 unspecified atom stereocenters. The van der Waals surface area contributed by atoms with Gasteiger partial charge >= 0.3 is 39.5 Å². The Morgan fingerprint density at radius 1 is 0.282 bits per heavy atom. The molecule has 612 valence electrons. The van der Waals surface area contributed by atoms with Gasteiger partial charge in [-0.1, -0.05) is 395 Å². The molecule has 0 fully saturated rings. The van der Waals surface area contributed by atoms with Crippen LogP contribution in [0.2, 0.25) is 0 Å². The van der Waals surface area contributed by atoms with E-state index in [1.165, 1.54) is 263 Å². The number of carbonyl (C=O) groups is 4. The first-order chi connectivity index (χ1) is 49.9. The summed E-state index contributed by atoms with van der Waals surface area (Å²) in [4.78, 5) is 73.2. The molecule has 3 N–H and O–H groups in total. The lowest BCUT2D eigenvalue weighted by Gasteiger charge is -2.21. The number of carbonyl (C=O) groups excluding carboxylic acids is 4. The van der Waals surface area contributed by atoms with Crippen LogP contribution in [0.3, 0.4) is 0 Å². The van der Waals surface area contributed by atoms with Crippen LogP contribution >= 0.6 is 15.6 Å². The van der Waals surface area contributed by atoms with E-state index < -0.39 is 97.5 Å². The van der Waals surface area contributed by atoms with Crippen molar-refractivity contribution in [2.75, 3.05) is 39.6 Å². The molecule has 103 heavy (non-hydrogen) atoms. The number of aliphatic hydroxyl groups excluding tert-OH is 1. The maximum atomic E-state index is 13.1. The Hall–Kier alpha value is -1.94. The summed E-state index contributed by atoms with van der Waals surface area (Å²) >= 11 is 0. The average molecular weight is 1510 g/mol. The van der Waals surface area contributed by atoms with Crippen LogP contribution in [0.1, 0.15) is 446 Å². The van der Waals surface area contributed by atoms with Crippen molar-refractivity contribution in [3.8, 4) is 0 Å². The van der Waals surface area contributed by atoms with Crippen molar-refractivity contribution in [1.29, 1.82) is 0 Å². The molecule has 0 spiro atoms. The summed E-state index contributed by atoms with van der Waals surface area (Å²) in [6.45, 7) is 9.65. The molecule has 0 rings (SSSR count). The second kappa shape index (κ2) is 75.5. The molecular weight excluding hydrogens is 1340 g/mol. The lowest BCUT2D eigenvalue weighted by Crippen LogP contribution is -2.30. The molecular formula is C84H164O17P2. The molecule has 0 radical (unpaired) electrons. The van der Waals surface area contributed by atoms with Gasteiger partial charge in [-0.3, -0.25) is 37.3 Å². The van der Waals surface area contributed by atoms with Crippen LogP contribution in [-0.4, -0.2) is 96.7 Å². The molecule has 0 bridgehead atoms. The zero-order valence-corrected chi connectivity index (χ0v) is 69.4. The molecule has 0 saturated heterocycles. The van der Waals surface area contributed by atoms with E-state index in [1.807, 2.05) is 0 Å². The fourth-order valence-electron chi connectivity index (χ4n) is 13.0. The van der Waals surface area contributed by atoms with Gasteiger partial charge < -0.3 is 33.8 Å². The first-order valence-corrected chi connectivity index (χ1v) is 46.5. The van der Waals surface area contributed by atoms with Gasteiger partial charge in [0.25, 0.3) is 0 Å². The second-order valence-electron chi connectivity index (χ2n) is 30.9. The van der Waals surface area contributed by atoms with Crippen molar-refractivity contribution >= 4 is 39.5 Å². The third-order valence-corrected chi connectivity index (χ3v) is 22.0. The predicted octanol–water partition coefficient (Wildman–Crippen LogP) is 25.5. The highest BCUT2D eigenvalue weighted by molar-refractivity contribution is 7.47. The van der Waals surface area contributed by atoms with Gasteiger partial charge in [0.1, 0.15) is 19.3 Å². The first kappa shape index (κ1) is 101. The lowest BCUT2D eigenvalue weighted by atomic mass is 9.99. The fourth-order valence-corrected chi connectivity index (χ4v) is 14.6. The largest absolute Gasteiger partial charge is 0.472 e. The summed E-state index contributed by atoms with van der Waals surface area (Å²) in [5, 5.41) is 10.7. The van der Waals surface area contributed by atoms with Gasteiger partial charge in [0.15, 0.2) is 12.2 Å². The van der Waals surface area contributed by atoms with Gasteiger partial charge in [-0.2, -0.15) is 0 Å². The minimum absolute atomic E-state index is 0.106. The first-order valence-electron chi connectivity index (χ1n) is 43.5. The quantitative estimate of drug-likeness (QED) is 0.0222. The maximum Gasteiger partial charge on any atom is 0.472 e. The van der Waals surface area contributed by atoms with E-state index >= 15 is 0 Å². The molecule has 0 aromatic heterocycles. The van der Waals surface area contributed by atoms with Crippen LogP contribution in [0, 0.1) is 11.8 Å². The number of esters is 4. The van der Waals surface area contributed by atoms with Crippen molar-refractivity contribution in [2.24, 2.45) is 11.8 Å². The summed E-state index contributed by atoms with van der Waals surface area (Å²) in [6, 6.07) is 0. The zero-order chi connectivity index (χ0) is 75.6. The zero-order valence-electron chi connectivity index (χ0n) is 67.6. The molecule has 0 aliphatic rings.